The van der Waals surface area contributed by atoms with Gasteiger partial charge in [-0.15, -0.1) is 0 Å². The summed E-state index contributed by atoms with van der Waals surface area (Å²) in [5.41, 5.74) is 7.51. The van der Waals surface area contributed by atoms with Gasteiger partial charge in [-0.2, -0.15) is 0 Å². The van der Waals surface area contributed by atoms with E-state index in [1.807, 2.05) is 0 Å². The molecule has 0 saturated carbocycles. The quantitative estimate of drug-likeness (QED) is 0.533. The summed E-state index contributed by atoms with van der Waals surface area (Å²) in [7, 11) is 0. The Morgan fingerprint density at radius 2 is 1.88 bits per heavy atom. The van der Waals surface area contributed by atoms with Crippen molar-refractivity contribution in [2.75, 3.05) is 0 Å². The van der Waals surface area contributed by atoms with E-state index in [0.717, 1.165) is 11.8 Å². The minimum atomic E-state index is 0.611. The Labute approximate surface area is 151 Å². The van der Waals surface area contributed by atoms with Gasteiger partial charge in [-0.25, -0.2) is 0 Å². The van der Waals surface area contributed by atoms with Crippen LogP contribution in [0.4, 0.5) is 0 Å². The van der Waals surface area contributed by atoms with Gasteiger partial charge < -0.3 is 4.98 Å². The Morgan fingerprint density at radius 3 is 2.76 bits per heavy atom. The third kappa shape index (κ3) is 3.01. The number of hydrogen-bond donors (Lipinski definition) is 1. The first kappa shape index (κ1) is 16.4. The Hall–Kier alpha value is -2.02. The molecule has 1 aliphatic rings. The molecule has 1 heteroatoms. The van der Waals surface area contributed by atoms with Gasteiger partial charge in [0.25, 0.3) is 0 Å². The van der Waals surface area contributed by atoms with E-state index in [9.17, 15) is 0 Å². The molecule has 2 aromatic carbocycles. The molecule has 0 saturated heterocycles. The van der Waals surface area contributed by atoms with Crippen LogP contribution >= 0.6 is 0 Å². The molecular weight excluding hydrogens is 302 g/mol. The largest absolute Gasteiger partial charge is 0.361 e. The maximum atomic E-state index is 3.34. The molecule has 130 valence electrons. The predicted molar refractivity (Wildman–Crippen MR) is 107 cm³/mol. The lowest BCUT2D eigenvalue weighted by molar-refractivity contribution is 0.401. The molecule has 0 fully saturated rings. The number of aromatic nitrogens is 1. The number of nitrogens with one attached hydrogen (secondary N) is 1. The molecule has 1 heterocycles. The van der Waals surface area contributed by atoms with Crippen molar-refractivity contribution in [1.82, 2.24) is 4.98 Å². The van der Waals surface area contributed by atoms with Crippen molar-refractivity contribution in [1.29, 1.82) is 0 Å². The third-order valence-corrected chi connectivity index (χ3v) is 6.41. The molecule has 3 unspecified atom stereocenters. The van der Waals surface area contributed by atoms with Crippen LogP contribution in [0.5, 0.6) is 0 Å². The van der Waals surface area contributed by atoms with Crippen molar-refractivity contribution in [3.63, 3.8) is 0 Å². The van der Waals surface area contributed by atoms with Crippen LogP contribution in [-0.4, -0.2) is 4.98 Å². The predicted octanol–water partition coefficient (Wildman–Crippen LogP) is 6.73. The first-order valence-electron chi connectivity index (χ1n) is 9.79. The Bertz CT molecular complexity index is 873. The van der Waals surface area contributed by atoms with Crippen LogP contribution in [0.1, 0.15) is 67.2 Å². The fourth-order valence-corrected chi connectivity index (χ4v) is 4.92. The summed E-state index contributed by atoms with van der Waals surface area (Å²) in [5, 5.41) is 1.39. The van der Waals surface area contributed by atoms with Gasteiger partial charge >= 0.3 is 0 Å². The normalized spacial score (nSPS) is 19.1. The minimum absolute atomic E-state index is 0.611. The van der Waals surface area contributed by atoms with Gasteiger partial charge in [0, 0.05) is 17.1 Å². The highest BCUT2D eigenvalue weighted by molar-refractivity contribution is 5.83. The second-order valence-electron chi connectivity index (χ2n) is 8.03. The highest BCUT2D eigenvalue weighted by Gasteiger charge is 2.28. The molecule has 3 aromatic rings. The minimum Gasteiger partial charge on any atom is -0.361 e. The van der Waals surface area contributed by atoms with Crippen LogP contribution < -0.4 is 0 Å². The van der Waals surface area contributed by atoms with E-state index in [0.29, 0.717) is 5.92 Å². The first-order chi connectivity index (χ1) is 12.1. The molecule has 1 nitrogen and oxygen atoms in total. The molecule has 25 heavy (non-hydrogen) atoms. The zero-order valence-corrected chi connectivity index (χ0v) is 15.7. The summed E-state index contributed by atoms with van der Waals surface area (Å²) in [4.78, 5) is 3.34. The van der Waals surface area contributed by atoms with Crippen molar-refractivity contribution in [2.45, 2.75) is 58.3 Å². The van der Waals surface area contributed by atoms with Gasteiger partial charge in [0.1, 0.15) is 0 Å². The van der Waals surface area contributed by atoms with E-state index in [2.05, 4.69) is 74.4 Å². The van der Waals surface area contributed by atoms with Crippen LogP contribution in [0.25, 0.3) is 10.9 Å². The number of rotatable bonds is 5. The number of hydrogen-bond acceptors (Lipinski definition) is 0. The van der Waals surface area contributed by atoms with Crippen molar-refractivity contribution < 1.29 is 0 Å². The summed E-state index contributed by atoms with van der Waals surface area (Å²) in [6.07, 6.45) is 7.23. The van der Waals surface area contributed by atoms with Gasteiger partial charge in [-0.05, 0) is 84.7 Å². The molecule has 0 bridgehead atoms. The van der Waals surface area contributed by atoms with Crippen LogP contribution in [0, 0.1) is 12.8 Å². The summed E-state index contributed by atoms with van der Waals surface area (Å²) < 4.78 is 0. The third-order valence-electron chi connectivity index (χ3n) is 6.41. The fraction of sp³-hybridized carbons (Fsp3) is 0.417. The van der Waals surface area contributed by atoms with Crippen LogP contribution in [0.2, 0.25) is 0 Å². The molecule has 1 N–H and O–H groups in total. The second kappa shape index (κ2) is 6.71. The van der Waals surface area contributed by atoms with Crippen LogP contribution in [-0.2, 0) is 6.42 Å². The van der Waals surface area contributed by atoms with Gasteiger partial charge in [-0.3, -0.25) is 0 Å². The average molecular weight is 332 g/mol. The van der Waals surface area contributed by atoms with Crippen molar-refractivity contribution in [3.8, 4) is 0 Å². The Morgan fingerprint density at radius 1 is 1.04 bits per heavy atom. The number of fused-ring (bicyclic) bond motifs is 2. The topological polar surface area (TPSA) is 15.8 Å². The maximum absolute atomic E-state index is 3.34. The molecular formula is C24H29N. The number of benzene rings is 2. The van der Waals surface area contributed by atoms with Crippen molar-refractivity contribution in [3.05, 3.63) is 70.9 Å². The van der Waals surface area contributed by atoms with Crippen LogP contribution in [0.15, 0.2) is 48.7 Å². The van der Waals surface area contributed by atoms with Crippen molar-refractivity contribution in [2.24, 2.45) is 5.92 Å². The molecule has 1 aliphatic carbocycles. The zero-order chi connectivity index (χ0) is 17.4. The summed E-state index contributed by atoms with van der Waals surface area (Å²) in [6, 6.07) is 15.7. The molecule has 0 radical (unpaired) electrons. The van der Waals surface area contributed by atoms with Gasteiger partial charge in [-0.1, -0.05) is 44.2 Å². The highest BCUT2D eigenvalue weighted by atomic mass is 14.7. The molecule has 0 spiro atoms. The van der Waals surface area contributed by atoms with Crippen LogP contribution in [0.3, 0.4) is 0 Å². The highest BCUT2D eigenvalue weighted by Crippen LogP contribution is 2.42. The van der Waals surface area contributed by atoms with E-state index < -0.39 is 0 Å². The van der Waals surface area contributed by atoms with E-state index in [1.54, 1.807) is 11.1 Å². The molecule has 0 amide bonds. The SMILES string of the molecule is Cc1cccc2c1C(C(C)CCC(C)c1cccc3[nH]ccc13)CC2. The van der Waals surface area contributed by atoms with E-state index in [-0.39, 0.29) is 0 Å². The lowest BCUT2D eigenvalue weighted by atomic mass is 9.81. The number of aryl methyl sites for hydroxylation is 2. The smallest absolute Gasteiger partial charge is 0.0456 e. The Kier molecular flexibility index (Phi) is 4.41. The van der Waals surface area contributed by atoms with Crippen molar-refractivity contribution >= 4 is 10.9 Å². The lowest BCUT2D eigenvalue weighted by Crippen LogP contribution is -2.09. The van der Waals surface area contributed by atoms with Gasteiger partial charge in [0.05, 0.1) is 0 Å². The monoisotopic (exact) mass is 331 g/mol. The first-order valence-corrected chi connectivity index (χ1v) is 9.79. The molecule has 3 atom stereocenters. The van der Waals surface area contributed by atoms with E-state index >= 15 is 0 Å². The van der Waals surface area contributed by atoms with E-state index in [1.165, 1.54) is 47.7 Å². The number of aromatic amines is 1. The second-order valence-corrected chi connectivity index (χ2v) is 8.03. The Balaban J connectivity index is 1.46. The lowest BCUT2D eigenvalue weighted by Gasteiger charge is -2.24. The maximum Gasteiger partial charge on any atom is 0.0456 e. The summed E-state index contributed by atoms with van der Waals surface area (Å²) in [6.45, 7) is 7.15. The zero-order valence-electron chi connectivity index (χ0n) is 15.7. The summed E-state index contributed by atoms with van der Waals surface area (Å²) in [5.74, 6) is 2.13. The summed E-state index contributed by atoms with van der Waals surface area (Å²) >= 11 is 0. The molecule has 4 rings (SSSR count). The number of H-pyrrole nitrogens is 1. The molecule has 0 aliphatic heterocycles. The average Bonchev–Trinajstić information content (AvgIpc) is 3.26. The van der Waals surface area contributed by atoms with E-state index in [4.69, 9.17) is 0 Å². The molecule has 1 aromatic heterocycles. The fourth-order valence-electron chi connectivity index (χ4n) is 4.92. The standard InChI is InChI=1S/C24H29N/c1-16(20-8-5-9-23-22(20)14-15-25-23)10-11-17(2)21-13-12-19-7-4-6-18(3)24(19)21/h4-9,14-17,21,25H,10-13H2,1-3H3. The van der Waals surface area contributed by atoms with Gasteiger partial charge in [0.15, 0.2) is 0 Å². The van der Waals surface area contributed by atoms with Gasteiger partial charge in [0.2, 0.25) is 0 Å².